The van der Waals surface area contributed by atoms with E-state index < -0.39 is 23.8 Å². The Kier molecular flexibility index (Phi) is 6.18. The third kappa shape index (κ3) is 4.39. The largest absolute Gasteiger partial charge is 0.462 e. The Balaban J connectivity index is 1.31. The van der Waals surface area contributed by atoms with Crippen molar-refractivity contribution >= 4 is 41.5 Å². The van der Waals surface area contributed by atoms with Gasteiger partial charge in [-0.05, 0) is 23.8 Å². The van der Waals surface area contributed by atoms with Crippen molar-refractivity contribution in [1.29, 1.82) is 0 Å². The van der Waals surface area contributed by atoms with E-state index in [0.717, 1.165) is 10.5 Å². The molecule has 1 unspecified atom stereocenters. The van der Waals surface area contributed by atoms with Gasteiger partial charge in [-0.3, -0.25) is 19.3 Å². The molecule has 0 N–H and O–H groups in total. The van der Waals surface area contributed by atoms with Crippen LogP contribution in [0.5, 0.6) is 0 Å². The topological polar surface area (TPSA) is 84.0 Å². The molecule has 2 aromatic rings. The number of carbonyl (C=O) groups excluding carboxylic acids is 4. The lowest BCUT2D eigenvalue weighted by molar-refractivity contribution is -0.151. The lowest BCUT2D eigenvalue weighted by Gasteiger charge is -2.21. The fourth-order valence-corrected chi connectivity index (χ4v) is 4.61. The summed E-state index contributed by atoms with van der Waals surface area (Å²) in [4.78, 5) is 52.4. The molecule has 2 heterocycles. The number of fused-ring (bicyclic) bond motifs is 1. The summed E-state index contributed by atoms with van der Waals surface area (Å²) in [7, 11) is 0. The molecule has 1 fully saturated rings. The van der Waals surface area contributed by atoms with Gasteiger partial charge in [0.2, 0.25) is 5.91 Å². The molecule has 2 aromatic carbocycles. The van der Waals surface area contributed by atoms with Gasteiger partial charge in [-0.1, -0.05) is 42.5 Å². The van der Waals surface area contributed by atoms with Gasteiger partial charge in [0.05, 0.1) is 23.5 Å². The molecule has 8 heteroatoms. The first-order chi connectivity index (χ1) is 15.1. The number of amides is 3. The van der Waals surface area contributed by atoms with E-state index in [1.807, 2.05) is 30.3 Å². The first-order valence-electron chi connectivity index (χ1n) is 9.79. The second-order valence-corrected chi connectivity index (χ2v) is 8.04. The lowest BCUT2D eigenvalue weighted by Crippen LogP contribution is -2.43. The highest BCUT2D eigenvalue weighted by Gasteiger charge is 2.37. The molecule has 158 valence electrons. The molecule has 7 nitrogen and oxygen atoms in total. The minimum Gasteiger partial charge on any atom is -0.462 e. The molecule has 0 saturated carbocycles. The summed E-state index contributed by atoms with van der Waals surface area (Å²) in [5.41, 5.74) is 1.60. The van der Waals surface area contributed by atoms with Crippen LogP contribution in [0.1, 0.15) is 26.3 Å². The normalized spacial score (nSPS) is 18.0. The van der Waals surface area contributed by atoms with Crippen LogP contribution in [0.3, 0.4) is 0 Å². The molecule has 2 aliphatic heterocycles. The first-order valence-corrected chi connectivity index (χ1v) is 10.9. The van der Waals surface area contributed by atoms with Crippen LogP contribution >= 0.6 is 11.8 Å². The predicted molar refractivity (Wildman–Crippen MR) is 116 cm³/mol. The predicted octanol–water partition coefficient (Wildman–Crippen LogP) is 2.44. The second kappa shape index (κ2) is 9.18. The van der Waals surface area contributed by atoms with Gasteiger partial charge < -0.3 is 9.64 Å². The van der Waals surface area contributed by atoms with Crippen molar-refractivity contribution in [2.45, 2.75) is 6.04 Å². The number of nitrogens with zero attached hydrogens (tertiary/aromatic N) is 2. The number of hydrogen-bond donors (Lipinski definition) is 0. The zero-order chi connectivity index (χ0) is 21.8. The number of esters is 1. The van der Waals surface area contributed by atoms with Crippen LogP contribution in [-0.2, 0) is 14.3 Å². The van der Waals surface area contributed by atoms with E-state index in [1.165, 1.54) is 22.7 Å². The van der Waals surface area contributed by atoms with Crippen LogP contribution < -0.4 is 0 Å². The van der Waals surface area contributed by atoms with Crippen LogP contribution in [0, 0.1) is 0 Å². The second-order valence-electron chi connectivity index (χ2n) is 7.04. The Morgan fingerprint density at radius 3 is 2.32 bits per heavy atom. The zero-order valence-electron chi connectivity index (χ0n) is 16.6. The molecule has 2 aliphatic rings. The van der Waals surface area contributed by atoms with Crippen molar-refractivity contribution in [3.63, 3.8) is 0 Å². The minimum absolute atomic E-state index is 0.0280. The van der Waals surface area contributed by atoms with Gasteiger partial charge in [-0.15, -0.1) is 11.8 Å². The summed E-state index contributed by atoms with van der Waals surface area (Å²) in [5, 5.41) is 0. The summed E-state index contributed by atoms with van der Waals surface area (Å²) >= 11 is 1.47. The molecule has 0 bridgehead atoms. The number of thioether (sulfide) groups is 1. The molecule has 0 aliphatic carbocycles. The van der Waals surface area contributed by atoms with Crippen LogP contribution in [0.15, 0.2) is 60.7 Å². The minimum atomic E-state index is -0.694. The average molecular weight is 436 g/mol. The maximum atomic E-state index is 12.5. The third-order valence-corrected chi connectivity index (χ3v) is 6.10. The van der Waals surface area contributed by atoms with Crippen molar-refractivity contribution < 1.29 is 23.9 Å². The highest BCUT2D eigenvalue weighted by atomic mass is 32.2. The maximum Gasteiger partial charge on any atom is 0.329 e. The molecule has 4 rings (SSSR count). The fraction of sp³-hybridized carbons (Fsp3) is 0.217. The Labute approximate surface area is 183 Å². The fourth-order valence-electron chi connectivity index (χ4n) is 3.46. The molecule has 0 aromatic heterocycles. The number of ether oxygens (including phenoxy) is 1. The Morgan fingerprint density at radius 1 is 1.00 bits per heavy atom. The van der Waals surface area contributed by atoms with E-state index in [4.69, 9.17) is 4.74 Å². The maximum absolute atomic E-state index is 12.5. The molecule has 1 atom stereocenters. The monoisotopic (exact) mass is 436 g/mol. The molecule has 3 amide bonds. The SMILES string of the molecule is O=C(OCCN1C(=O)c2ccccc2C1=O)C1CSCN1C(=O)/C=C/c1ccccc1. The van der Waals surface area contributed by atoms with E-state index >= 15 is 0 Å². The Morgan fingerprint density at radius 2 is 1.65 bits per heavy atom. The molecule has 31 heavy (non-hydrogen) atoms. The first kappa shape index (κ1) is 20.9. The van der Waals surface area contributed by atoms with Gasteiger partial charge in [0, 0.05) is 11.8 Å². The summed E-state index contributed by atoms with van der Waals surface area (Å²) in [5.74, 6) is -0.751. The highest BCUT2D eigenvalue weighted by molar-refractivity contribution is 7.99. The van der Waals surface area contributed by atoms with Crippen molar-refractivity contribution in [2.24, 2.45) is 0 Å². The van der Waals surface area contributed by atoms with Gasteiger partial charge in [-0.2, -0.15) is 0 Å². The van der Waals surface area contributed by atoms with Gasteiger partial charge in [0.25, 0.3) is 11.8 Å². The third-order valence-electron chi connectivity index (χ3n) is 5.09. The van der Waals surface area contributed by atoms with Crippen LogP contribution in [-0.4, -0.2) is 64.3 Å². The summed E-state index contributed by atoms with van der Waals surface area (Å²) in [6, 6.07) is 15.3. The van der Waals surface area contributed by atoms with Gasteiger partial charge in [-0.25, -0.2) is 4.79 Å². The quantitative estimate of drug-likeness (QED) is 0.393. The summed E-state index contributed by atoms with van der Waals surface area (Å²) < 4.78 is 5.31. The molecule has 1 saturated heterocycles. The summed E-state index contributed by atoms with van der Waals surface area (Å²) in [6.07, 6.45) is 3.15. The molecular weight excluding hydrogens is 416 g/mol. The van der Waals surface area contributed by atoms with Gasteiger partial charge >= 0.3 is 5.97 Å². The lowest BCUT2D eigenvalue weighted by atomic mass is 10.1. The molecule has 0 radical (unpaired) electrons. The van der Waals surface area contributed by atoms with E-state index in [1.54, 1.807) is 30.3 Å². The molecule has 0 spiro atoms. The van der Waals surface area contributed by atoms with Crippen molar-refractivity contribution in [2.75, 3.05) is 24.8 Å². The van der Waals surface area contributed by atoms with E-state index in [2.05, 4.69) is 0 Å². The molecular formula is C23H20N2O5S. The Bertz CT molecular complexity index is 1020. The number of carbonyl (C=O) groups is 4. The average Bonchev–Trinajstić information content (AvgIpc) is 3.38. The number of imide groups is 1. The van der Waals surface area contributed by atoms with E-state index in [-0.39, 0.29) is 19.1 Å². The number of hydrogen-bond acceptors (Lipinski definition) is 6. The number of benzene rings is 2. The van der Waals surface area contributed by atoms with E-state index in [9.17, 15) is 19.2 Å². The van der Waals surface area contributed by atoms with Gasteiger partial charge in [0.15, 0.2) is 0 Å². The van der Waals surface area contributed by atoms with Gasteiger partial charge in [0.1, 0.15) is 12.6 Å². The van der Waals surface area contributed by atoms with Crippen LogP contribution in [0.4, 0.5) is 0 Å². The van der Waals surface area contributed by atoms with Crippen LogP contribution in [0.25, 0.3) is 6.08 Å². The zero-order valence-corrected chi connectivity index (χ0v) is 17.4. The van der Waals surface area contributed by atoms with Crippen molar-refractivity contribution in [3.05, 3.63) is 77.4 Å². The highest BCUT2D eigenvalue weighted by Crippen LogP contribution is 2.24. The van der Waals surface area contributed by atoms with Crippen molar-refractivity contribution in [1.82, 2.24) is 9.80 Å². The van der Waals surface area contributed by atoms with E-state index in [0.29, 0.717) is 22.8 Å². The Hall–Kier alpha value is -3.39. The van der Waals surface area contributed by atoms with Crippen LogP contribution in [0.2, 0.25) is 0 Å². The number of rotatable bonds is 6. The standard InChI is InChI=1S/C23H20N2O5S/c26-20(11-10-16-6-2-1-3-7-16)25-15-31-14-19(25)23(29)30-13-12-24-21(27)17-8-4-5-9-18(17)22(24)28/h1-11,19H,12-15H2/b11-10+. The smallest absolute Gasteiger partial charge is 0.329 e. The summed E-state index contributed by atoms with van der Waals surface area (Å²) in [6.45, 7) is -0.146. The van der Waals surface area contributed by atoms with Crippen molar-refractivity contribution in [3.8, 4) is 0 Å².